The molecule has 1 aliphatic carbocycles. The molecule has 0 amide bonds. The van der Waals surface area contributed by atoms with Crippen LogP contribution in [0.4, 0.5) is 0 Å². The minimum absolute atomic E-state index is 0.0581. The normalized spacial score (nSPS) is 20.6. The molecule has 1 fully saturated rings. The van der Waals surface area contributed by atoms with Gasteiger partial charge in [0.1, 0.15) is 5.60 Å². The summed E-state index contributed by atoms with van der Waals surface area (Å²) in [5.41, 5.74) is 10.9. The summed E-state index contributed by atoms with van der Waals surface area (Å²) in [7, 11) is 0. The monoisotopic (exact) mass is 312 g/mol. The summed E-state index contributed by atoms with van der Waals surface area (Å²) in [5, 5.41) is 0. The Hall–Kier alpha value is -2.38. The second kappa shape index (κ2) is 4.81. The van der Waals surface area contributed by atoms with Gasteiger partial charge in [0, 0.05) is 0 Å². The topological polar surface area (TPSA) is 12.5 Å². The van der Waals surface area contributed by atoms with Gasteiger partial charge in [-0.05, 0) is 64.8 Å². The highest BCUT2D eigenvalue weighted by Gasteiger charge is 2.42. The van der Waals surface area contributed by atoms with Crippen molar-refractivity contribution in [1.82, 2.24) is 0 Å². The minimum atomic E-state index is -0.0581. The summed E-state index contributed by atoms with van der Waals surface area (Å²) >= 11 is 0. The highest BCUT2D eigenvalue weighted by Crippen LogP contribution is 2.43. The number of ether oxygens (including phenoxy) is 1. The van der Waals surface area contributed by atoms with Crippen LogP contribution in [0.3, 0.4) is 0 Å². The standard InChI is InChI=1S/C23H20O/c1-15-12-17(10-11-22(15)23(2)14-24-23)19-8-5-9-20-18-7-4-3-6-16(18)13-21(19)20/h3-12H,13-14H2,1-2H3. The summed E-state index contributed by atoms with van der Waals surface area (Å²) in [5.74, 6) is 0. The van der Waals surface area contributed by atoms with Crippen LogP contribution >= 0.6 is 0 Å². The number of rotatable bonds is 2. The van der Waals surface area contributed by atoms with E-state index in [-0.39, 0.29) is 5.60 Å². The SMILES string of the molecule is Cc1cc(-c2cccc3c2Cc2ccccc2-3)ccc1C1(C)CO1. The molecular weight excluding hydrogens is 292 g/mol. The van der Waals surface area contributed by atoms with Gasteiger partial charge in [-0.2, -0.15) is 0 Å². The predicted octanol–water partition coefficient (Wildman–Crippen LogP) is 5.48. The van der Waals surface area contributed by atoms with E-state index in [0.717, 1.165) is 13.0 Å². The molecule has 0 bridgehead atoms. The fourth-order valence-corrected chi connectivity index (χ4v) is 4.12. The summed E-state index contributed by atoms with van der Waals surface area (Å²) < 4.78 is 5.62. The molecule has 1 unspecified atom stereocenters. The molecule has 0 spiro atoms. The number of benzene rings is 3. The van der Waals surface area contributed by atoms with Crippen molar-refractivity contribution in [2.24, 2.45) is 0 Å². The molecule has 2 aliphatic rings. The molecule has 0 saturated carbocycles. The first kappa shape index (κ1) is 14.0. The third kappa shape index (κ3) is 1.98. The minimum Gasteiger partial charge on any atom is -0.365 e. The second-order valence-corrected chi connectivity index (χ2v) is 7.21. The summed E-state index contributed by atoms with van der Waals surface area (Å²) in [6, 6.07) is 22.3. The maximum absolute atomic E-state index is 5.62. The van der Waals surface area contributed by atoms with E-state index in [0.29, 0.717) is 0 Å². The van der Waals surface area contributed by atoms with Crippen LogP contribution < -0.4 is 0 Å². The van der Waals surface area contributed by atoms with Gasteiger partial charge in [-0.3, -0.25) is 0 Å². The molecule has 0 N–H and O–H groups in total. The molecule has 1 atom stereocenters. The van der Waals surface area contributed by atoms with E-state index in [4.69, 9.17) is 4.74 Å². The maximum Gasteiger partial charge on any atom is 0.114 e. The fraction of sp³-hybridized carbons (Fsp3) is 0.217. The lowest BCUT2D eigenvalue weighted by Crippen LogP contribution is -2.04. The maximum atomic E-state index is 5.62. The quantitative estimate of drug-likeness (QED) is 0.447. The molecule has 1 nitrogen and oxygen atoms in total. The Labute approximate surface area is 142 Å². The first-order chi connectivity index (χ1) is 11.7. The molecule has 1 heteroatoms. The van der Waals surface area contributed by atoms with Gasteiger partial charge in [0.2, 0.25) is 0 Å². The molecular formula is C23H20O. The predicted molar refractivity (Wildman–Crippen MR) is 98.2 cm³/mol. The molecule has 0 aromatic heterocycles. The van der Waals surface area contributed by atoms with Gasteiger partial charge in [0.15, 0.2) is 0 Å². The van der Waals surface area contributed by atoms with E-state index in [9.17, 15) is 0 Å². The molecule has 3 aromatic carbocycles. The highest BCUT2D eigenvalue weighted by molar-refractivity contribution is 5.84. The van der Waals surface area contributed by atoms with Crippen molar-refractivity contribution in [1.29, 1.82) is 0 Å². The smallest absolute Gasteiger partial charge is 0.114 e. The zero-order valence-electron chi connectivity index (χ0n) is 14.1. The Morgan fingerprint density at radius 1 is 0.875 bits per heavy atom. The number of hydrogen-bond donors (Lipinski definition) is 0. The molecule has 1 heterocycles. The van der Waals surface area contributed by atoms with Crippen molar-refractivity contribution in [3.05, 3.63) is 82.9 Å². The third-order valence-corrected chi connectivity index (χ3v) is 5.54. The molecule has 3 aromatic rings. The van der Waals surface area contributed by atoms with Crippen molar-refractivity contribution in [3.63, 3.8) is 0 Å². The first-order valence-corrected chi connectivity index (χ1v) is 8.61. The molecule has 0 radical (unpaired) electrons. The van der Waals surface area contributed by atoms with E-state index in [1.54, 1.807) is 0 Å². The average Bonchev–Trinajstić information content (AvgIpc) is 3.22. The third-order valence-electron chi connectivity index (χ3n) is 5.54. The molecule has 1 aliphatic heterocycles. The van der Waals surface area contributed by atoms with Crippen molar-refractivity contribution < 1.29 is 4.74 Å². The van der Waals surface area contributed by atoms with E-state index < -0.39 is 0 Å². The van der Waals surface area contributed by atoms with Crippen LogP contribution in [-0.4, -0.2) is 6.61 Å². The lowest BCUT2D eigenvalue weighted by molar-refractivity contribution is 0.328. The summed E-state index contributed by atoms with van der Waals surface area (Å²) in [4.78, 5) is 0. The first-order valence-electron chi connectivity index (χ1n) is 8.61. The van der Waals surface area contributed by atoms with Gasteiger partial charge in [-0.15, -0.1) is 0 Å². The van der Waals surface area contributed by atoms with E-state index in [1.165, 1.54) is 44.5 Å². The van der Waals surface area contributed by atoms with Gasteiger partial charge >= 0.3 is 0 Å². The highest BCUT2D eigenvalue weighted by atomic mass is 16.6. The van der Waals surface area contributed by atoms with Gasteiger partial charge in [0.25, 0.3) is 0 Å². The van der Waals surface area contributed by atoms with Crippen LogP contribution in [0, 0.1) is 6.92 Å². The Morgan fingerprint density at radius 2 is 1.62 bits per heavy atom. The number of epoxide rings is 1. The van der Waals surface area contributed by atoms with Crippen LogP contribution in [0.1, 0.15) is 29.2 Å². The Bertz CT molecular complexity index is 964. The Morgan fingerprint density at radius 3 is 2.42 bits per heavy atom. The van der Waals surface area contributed by atoms with Crippen LogP contribution in [0.5, 0.6) is 0 Å². The van der Waals surface area contributed by atoms with Crippen molar-refractivity contribution in [2.75, 3.05) is 6.61 Å². The Balaban J connectivity index is 1.63. The zero-order chi connectivity index (χ0) is 16.3. The second-order valence-electron chi connectivity index (χ2n) is 7.21. The molecule has 5 rings (SSSR count). The molecule has 1 saturated heterocycles. The van der Waals surface area contributed by atoms with Crippen LogP contribution in [0.15, 0.2) is 60.7 Å². The van der Waals surface area contributed by atoms with Gasteiger partial charge < -0.3 is 4.74 Å². The number of fused-ring (bicyclic) bond motifs is 3. The number of hydrogen-bond acceptors (Lipinski definition) is 1. The van der Waals surface area contributed by atoms with Crippen LogP contribution in [-0.2, 0) is 16.8 Å². The zero-order valence-corrected chi connectivity index (χ0v) is 14.1. The molecule has 118 valence electrons. The lowest BCUT2D eigenvalue weighted by atomic mass is 9.90. The summed E-state index contributed by atoms with van der Waals surface area (Å²) in [6.07, 6.45) is 1.03. The van der Waals surface area contributed by atoms with E-state index >= 15 is 0 Å². The van der Waals surface area contributed by atoms with E-state index in [2.05, 4.69) is 74.5 Å². The summed E-state index contributed by atoms with van der Waals surface area (Å²) in [6.45, 7) is 5.21. The van der Waals surface area contributed by atoms with Gasteiger partial charge in [-0.25, -0.2) is 0 Å². The number of aryl methyl sites for hydroxylation is 1. The van der Waals surface area contributed by atoms with Crippen molar-refractivity contribution in [2.45, 2.75) is 25.9 Å². The lowest BCUT2D eigenvalue weighted by Gasteiger charge is -2.14. The average molecular weight is 312 g/mol. The van der Waals surface area contributed by atoms with E-state index in [1.807, 2.05) is 0 Å². The van der Waals surface area contributed by atoms with Crippen molar-refractivity contribution >= 4 is 0 Å². The largest absolute Gasteiger partial charge is 0.365 e. The van der Waals surface area contributed by atoms with Crippen LogP contribution in [0.2, 0.25) is 0 Å². The van der Waals surface area contributed by atoms with Gasteiger partial charge in [0.05, 0.1) is 6.61 Å². The van der Waals surface area contributed by atoms with Crippen LogP contribution in [0.25, 0.3) is 22.3 Å². The molecule has 24 heavy (non-hydrogen) atoms. The van der Waals surface area contributed by atoms with Gasteiger partial charge in [-0.1, -0.05) is 60.7 Å². The Kier molecular flexibility index (Phi) is 2.81. The van der Waals surface area contributed by atoms with Crippen molar-refractivity contribution in [3.8, 4) is 22.3 Å². The fourth-order valence-electron chi connectivity index (χ4n) is 4.12.